The largest absolute Gasteiger partial charge is 0.331 e. The van der Waals surface area contributed by atoms with Crippen molar-refractivity contribution in [2.24, 2.45) is 5.92 Å². The van der Waals surface area contributed by atoms with Gasteiger partial charge in [-0.2, -0.15) is 0 Å². The van der Waals surface area contributed by atoms with Crippen molar-refractivity contribution in [1.82, 2.24) is 19.4 Å². The normalized spacial score (nSPS) is 11.4. The number of halogens is 1. The molecule has 2 heterocycles. The molecule has 0 aliphatic rings. The molecule has 0 bridgehead atoms. The van der Waals surface area contributed by atoms with E-state index in [2.05, 4.69) is 46.3 Å². The highest BCUT2D eigenvalue weighted by Crippen LogP contribution is 2.21. The van der Waals surface area contributed by atoms with Gasteiger partial charge in [0.15, 0.2) is 5.65 Å². The molecule has 148 valence electrons. The second-order valence-corrected chi connectivity index (χ2v) is 8.42. The third-order valence-electron chi connectivity index (χ3n) is 4.65. The lowest BCUT2D eigenvalue weighted by molar-refractivity contribution is 0.0716. The van der Waals surface area contributed by atoms with Gasteiger partial charge in [-0.05, 0) is 49.1 Å². The van der Waals surface area contributed by atoms with Crippen molar-refractivity contribution >= 4 is 33.0 Å². The van der Waals surface area contributed by atoms with E-state index in [1.165, 1.54) is 0 Å². The van der Waals surface area contributed by atoms with Gasteiger partial charge in [0.1, 0.15) is 11.3 Å². The minimum absolute atomic E-state index is 0.0254. The van der Waals surface area contributed by atoms with Gasteiger partial charge in [-0.25, -0.2) is 9.97 Å². The third-order valence-corrected chi connectivity index (χ3v) is 5.51. The number of aromatic nitrogens is 3. The topological polar surface area (TPSA) is 51.0 Å². The summed E-state index contributed by atoms with van der Waals surface area (Å²) in [5.41, 5.74) is 3.56. The predicted molar refractivity (Wildman–Crippen MR) is 116 cm³/mol. The van der Waals surface area contributed by atoms with Gasteiger partial charge in [-0.15, -0.1) is 0 Å². The van der Waals surface area contributed by atoms with E-state index in [1.807, 2.05) is 42.2 Å². The zero-order valence-corrected chi connectivity index (χ0v) is 18.5. The average Bonchev–Trinajstić information content (AvgIpc) is 3.00. The van der Waals surface area contributed by atoms with Gasteiger partial charge in [-0.3, -0.25) is 4.79 Å². The van der Waals surface area contributed by atoms with Gasteiger partial charge in [-0.1, -0.05) is 42.8 Å². The number of hydrogen-bond acceptors (Lipinski definition) is 3. The summed E-state index contributed by atoms with van der Waals surface area (Å²) in [6.07, 6.45) is 2.78. The first kappa shape index (κ1) is 20.5. The Morgan fingerprint density at radius 3 is 2.75 bits per heavy atom. The van der Waals surface area contributed by atoms with Crippen LogP contribution in [0.5, 0.6) is 0 Å². The summed E-state index contributed by atoms with van der Waals surface area (Å²) in [7, 11) is 0. The van der Waals surface area contributed by atoms with Crippen molar-refractivity contribution in [1.29, 1.82) is 0 Å². The van der Waals surface area contributed by atoms with Gasteiger partial charge >= 0.3 is 0 Å². The first-order valence-corrected chi connectivity index (χ1v) is 10.6. The molecule has 0 atom stereocenters. The first-order valence-electron chi connectivity index (χ1n) is 9.76. The molecule has 0 spiro atoms. The Balaban J connectivity index is 1.96. The molecule has 2 aromatic heterocycles. The minimum Gasteiger partial charge on any atom is -0.331 e. The van der Waals surface area contributed by atoms with E-state index in [4.69, 9.17) is 4.98 Å². The minimum atomic E-state index is 0.0254. The maximum Gasteiger partial charge on any atom is 0.254 e. The van der Waals surface area contributed by atoms with E-state index < -0.39 is 0 Å². The van der Waals surface area contributed by atoms with Crippen molar-refractivity contribution in [2.45, 2.75) is 47.2 Å². The van der Waals surface area contributed by atoms with E-state index >= 15 is 0 Å². The smallest absolute Gasteiger partial charge is 0.254 e. The Hall–Kier alpha value is -2.21. The second-order valence-electron chi connectivity index (χ2n) is 7.57. The first-order chi connectivity index (χ1) is 13.4. The van der Waals surface area contributed by atoms with Gasteiger partial charge in [0.25, 0.3) is 5.91 Å². The summed E-state index contributed by atoms with van der Waals surface area (Å²) in [6, 6.07) is 9.65. The zero-order valence-electron chi connectivity index (χ0n) is 16.9. The molecule has 0 fully saturated rings. The Morgan fingerprint density at radius 2 is 2.07 bits per heavy atom. The van der Waals surface area contributed by atoms with E-state index in [9.17, 15) is 4.79 Å². The summed E-state index contributed by atoms with van der Waals surface area (Å²) >= 11 is 3.54. The lowest BCUT2D eigenvalue weighted by Crippen LogP contribution is -2.34. The van der Waals surface area contributed by atoms with Crippen molar-refractivity contribution in [3.63, 3.8) is 0 Å². The lowest BCUT2D eigenvalue weighted by Gasteiger charge is -2.25. The highest BCUT2D eigenvalue weighted by atomic mass is 79.9. The van der Waals surface area contributed by atoms with Crippen LogP contribution in [0.2, 0.25) is 0 Å². The van der Waals surface area contributed by atoms with Crippen LogP contribution in [0.4, 0.5) is 0 Å². The number of nitrogens with zero attached hydrogens (tertiary/aromatic N) is 4. The van der Waals surface area contributed by atoms with Crippen molar-refractivity contribution in [3.8, 4) is 0 Å². The van der Waals surface area contributed by atoms with Crippen molar-refractivity contribution in [3.05, 3.63) is 58.0 Å². The number of amides is 1. The standard InChI is InChI=1S/C22H27BrN4O/c1-5-11-27-20(25-19-7-6-10-24-21(19)27)14-26(13-15(2)3)22(28)17-9-8-16(4)18(23)12-17/h6-10,12,15H,5,11,13-14H2,1-4H3. The molecule has 6 heteroatoms. The molecule has 5 nitrogen and oxygen atoms in total. The quantitative estimate of drug-likeness (QED) is 0.504. The van der Waals surface area contributed by atoms with E-state index in [0.717, 1.165) is 40.0 Å². The number of aryl methyl sites for hydroxylation is 2. The van der Waals surface area contributed by atoms with Gasteiger partial charge < -0.3 is 9.47 Å². The van der Waals surface area contributed by atoms with Crippen molar-refractivity contribution in [2.75, 3.05) is 6.54 Å². The number of imidazole rings is 1. The van der Waals surface area contributed by atoms with E-state index in [1.54, 1.807) is 6.20 Å². The lowest BCUT2D eigenvalue weighted by atomic mass is 10.1. The Kier molecular flexibility index (Phi) is 6.50. The van der Waals surface area contributed by atoms with Crippen LogP contribution in [0, 0.1) is 12.8 Å². The maximum absolute atomic E-state index is 13.3. The van der Waals surface area contributed by atoms with Gasteiger partial charge in [0.05, 0.1) is 6.54 Å². The zero-order chi connectivity index (χ0) is 20.3. The molecule has 3 aromatic rings. The Labute approximate surface area is 174 Å². The number of carbonyl (C=O) groups excluding carboxylic acids is 1. The molecule has 28 heavy (non-hydrogen) atoms. The van der Waals surface area contributed by atoms with Crippen LogP contribution in [0.15, 0.2) is 41.0 Å². The maximum atomic E-state index is 13.3. The Morgan fingerprint density at radius 1 is 1.29 bits per heavy atom. The highest BCUT2D eigenvalue weighted by Gasteiger charge is 2.21. The summed E-state index contributed by atoms with van der Waals surface area (Å²) in [5, 5.41) is 0. The fourth-order valence-corrected chi connectivity index (χ4v) is 3.70. The number of fused-ring (bicyclic) bond motifs is 1. The number of benzene rings is 1. The van der Waals surface area contributed by atoms with E-state index in [0.29, 0.717) is 24.6 Å². The van der Waals surface area contributed by atoms with Crippen LogP contribution >= 0.6 is 15.9 Å². The van der Waals surface area contributed by atoms with Crippen LogP contribution in [-0.4, -0.2) is 31.9 Å². The van der Waals surface area contributed by atoms with Crippen LogP contribution in [0.25, 0.3) is 11.2 Å². The molecule has 0 saturated heterocycles. The molecule has 0 unspecified atom stereocenters. The summed E-state index contributed by atoms with van der Waals surface area (Å²) in [6.45, 7) is 10.4. The van der Waals surface area contributed by atoms with Crippen LogP contribution < -0.4 is 0 Å². The van der Waals surface area contributed by atoms with Gasteiger partial charge in [0, 0.05) is 29.3 Å². The Bertz CT molecular complexity index is 980. The van der Waals surface area contributed by atoms with E-state index in [-0.39, 0.29) is 5.91 Å². The van der Waals surface area contributed by atoms with Crippen LogP contribution in [0.1, 0.15) is 48.9 Å². The molecular formula is C22H27BrN4O. The SMILES string of the molecule is CCCn1c(CN(CC(C)C)C(=O)c2ccc(C)c(Br)c2)nc2cccnc21. The molecule has 0 radical (unpaired) electrons. The monoisotopic (exact) mass is 442 g/mol. The molecule has 1 amide bonds. The van der Waals surface area contributed by atoms with Crippen LogP contribution in [0.3, 0.4) is 0 Å². The molecule has 1 aromatic carbocycles. The summed E-state index contributed by atoms with van der Waals surface area (Å²) < 4.78 is 3.09. The highest BCUT2D eigenvalue weighted by molar-refractivity contribution is 9.10. The molecular weight excluding hydrogens is 416 g/mol. The molecule has 0 N–H and O–H groups in total. The summed E-state index contributed by atoms with van der Waals surface area (Å²) in [4.78, 5) is 24.5. The molecule has 0 saturated carbocycles. The fourth-order valence-electron chi connectivity index (χ4n) is 3.32. The fraction of sp³-hybridized carbons (Fsp3) is 0.409. The average molecular weight is 443 g/mol. The predicted octanol–water partition coefficient (Wildman–Crippen LogP) is 5.21. The molecule has 3 rings (SSSR count). The summed E-state index contributed by atoms with van der Waals surface area (Å²) in [5.74, 6) is 1.27. The van der Waals surface area contributed by atoms with Gasteiger partial charge in [0.2, 0.25) is 0 Å². The number of carbonyl (C=O) groups is 1. The molecule has 0 aliphatic heterocycles. The third kappa shape index (κ3) is 4.43. The number of rotatable bonds is 7. The van der Waals surface area contributed by atoms with Crippen molar-refractivity contribution < 1.29 is 4.79 Å². The number of hydrogen-bond donors (Lipinski definition) is 0. The number of pyridine rings is 1. The van der Waals surface area contributed by atoms with Crippen LogP contribution in [-0.2, 0) is 13.1 Å². The molecule has 0 aliphatic carbocycles. The second kappa shape index (κ2) is 8.86.